The van der Waals surface area contributed by atoms with Crippen LogP contribution in [0, 0.1) is 12.7 Å². The van der Waals surface area contributed by atoms with E-state index in [1.807, 2.05) is 0 Å². The van der Waals surface area contributed by atoms with Crippen LogP contribution < -0.4 is 10.6 Å². The van der Waals surface area contributed by atoms with Crippen LogP contribution in [0.3, 0.4) is 0 Å². The van der Waals surface area contributed by atoms with Gasteiger partial charge in [0.15, 0.2) is 5.76 Å². The molecule has 1 unspecified atom stereocenters. The van der Waals surface area contributed by atoms with Gasteiger partial charge in [0.2, 0.25) is 5.91 Å². The van der Waals surface area contributed by atoms with Crippen LogP contribution in [-0.4, -0.2) is 30.0 Å². The quantitative estimate of drug-likeness (QED) is 0.637. The summed E-state index contributed by atoms with van der Waals surface area (Å²) in [6, 6.07) is 7.22. The highest BCUT2D eigenvalue weighted by atomic mass is 19.1. The normalized spacial score (nSPS) is 11.8. The van der Waals surface area contributed by atoms with E-state index in [2.05, 4.69) is 10.6 Å². The van der Waals surface area contributed by atoms with Gasteiger partial charge in [0.25, 0.3) is 5.91 Å². The van der Waals surface area contributed by atoms with Crippen LogP contribution in [0.1, 0.15) is 40.6 Å². The number of hydrogen-bond acceptors (Lipinski definition) is 4. The van der Waals surface area contributed by atoms with Gasteiger partial charge in [0, 0.05) is 18.7 Å². The van der Waals surface area contributed by atoms with E-state index in [-0.39, 0.29) is 24.0 Å². The van der Waals surface area contributed by atoms with Crippen molar-refractivity contribution in [2.75, 3.05) is 13.1 Å². The number of aliphatic hydroxyl groups excluding tert-OH is 1. The molecule has 0 fully saturated rings. The monoisotopic (exact) mass is 348 g/mol. The summed E-state index contributed by atoms with van der Waals surface area (Å²) in [6.07, 6.45) is 0.778. The maximum absolute atomic E-state index is 13.1. The molecule has 2 amide bonds. The Balaban J connectivity index is 1.64. The Labute approximate surface area is 145 Å². The molecule has 0 aliphatic carbocycles. The highest BCUT2D eigenvalue weighted by molar-refractivity contribution is 5.92. The summed E-state index contributed by atoms with van der Waals surface area (Å²) in [5, 5.41) is 15.3. The number of aliphatic hydroxyl groups is 1. The average molecular weight is 348 g/mol. The molecule has 2 rings (SSSR count). The van der Waals surface area contributed by atoms with Crippen LogP contribution in [0.5, 0.6) is 0 Å². The van der Waals surface area contributed by atoms with Gasteiger partial charge < -0.3 is 20.2 Å². The molecule has 1 heterocycles. The minimum Gasteiger partial charge on any atom is -0.459 e. The third-order valence-corrected chi connectivity index (χ3v) is 3.64. The zero-order valence-electron chi connectivity index (χ0n) is 13.9. The molecular weight excluding hydrogens is 327 g/mol. The van der Waals surface area contributed by atoms with E-state index in [0.717, 1.165) is 5.56 Å². The summed E-state index contributed by atoms with van der Waals surface area (Å²) in [5.41, 5.74) is 1.12. The minimum atomic E-state index is -1.06. The molecule has 2 aromatic rings. The van der Waals surface area contributed by atoms with Crippen LogP contribution in [0.2, 0.25) is 0 Å². The van der Waals surface area contributed by atoms with E-state index < -0.39 is 11.9 Å². The molecule has 6 nitrogen and oxygen atoms in total. The van der Waals surface area contributed by atoms with Gasteiger partial charge in [-0.1, -0.05) is 12.1 Å². The van der Waals surface area contributed by atoms with Gasteiger partial charge in [0.05, 0.1) is 18.8 Å². The summed E-state index contributed by atoms with van der Waals surface area (Å²) in [4.78, 5) is 23.6. The molecular formula is C18H21FN2O4. The van der Waals surface area contributed by atoms with Crippen molar-refractivity contribution in [3.05, 3.63) is 59.3 Å². The molecule has 7 heteroatoms. The standard InChI is InChI=1S/C18H21FN2O4/c1-12-6-9-25-17(12)18(24)21-8-3-7-20-16(23)11-15(22)13-4-2-5-14(19)10-13/h2,4-6,9-10,15,22H,3,7-8,11H2,1H3,(H,20,23)(H,21,24). The maximum Gasteiger partial charge on any atom is 0.287 e. The maximum atomic E-state index is 13.1. The van der Waals surface area contributed by atoms with Crippen molar-refractivity contribution in [3.63, 3.8) is 0 Å². The fourth-order valence-electron chi connectivity index (χ4n) is 2.28. The minimum absolute atomic E-state index is 0.151. The van der Waals surface area contributed by atoms with Crippen molar-refractivity contribution < 1.29 is 23.5 Å². The third-order valence-electron chi connectivity index (χ3n) is 3.64. The SMILES string of the molecule is Cc1ccoc1C(=O)NCCCNC(=O)CC(O)c1cccc(F)c1. The molecule has 0 bridgehead atoms. The Hall–Kier alpha value is -2.67. The summed E-state index contributed by atoms with van der Waals surface area (Å²) in [6.45, 7) is 2.51. The number of amides is 2. The first-order valence-corrected chi connectivity index (χ1v) is 8.00. The van der Waals surface area contributed by atoms with Gasteiger partial charge >= 0.3 is 0 Å². The molecule has 25 heavy (non-hydrogen) atoms. The molecule has 0 aliphatic rings. The predicted molar refractivity (Wildman–Crippen MR) is 89.4 cm³/mol. The second kappa shape index (κ2) is 8.98. The largest absolute Gasteiger partial charge is 0.459 e. The van der Waals surface area contributed by atoms with Crippen LogP contribution in [-0.2, 0) is 4.79 Å². The lowest BCUT2D eigenvalue weighted by Gasteiger charge is -2.11. The molecule has 0 radical (unpaired) electrons. The topological polar surface area (TPSA) is 91.6 Å². The highest BCUT2D eigenvalue weighted by Gasteiger charge is 2.14. The number of hydrogen-bond donors (Lipinski definition) is 3. The predicted octanol–water partition coefficient (Wildman–Crippen LogP) is 2.09. The van der Waals surface area contributed by atoms with Crippen molar-refractivity contribution in [2.24, 2.45) is 0 Å². The van der Waals surface area contributed by atoms with Crippen molar-refractivity contribution >= 4 is 11.8 Å². The number of furan rings is 1. The summed E-state index contributed by atoms with van der Waals surface area (Å²) >= 11 is 0. The second-order valence-corrected chi connectivity index (χ2v) is 5.67. The Kier molecular flexibility index (Phi) is 6.71. The number of halogens is 1. The van der Waals surface area contributed by atoms with E-state index in [0.29, 0.717) is 25.1 Å². The number of aryl methyl sites for hydroxylation is 1. The van der Waals surface area contributed by atoms with E-state index in [9.17, 15) is 19.1 Å². The summed E-state index contributed by atoms with van der Waals surface area (Å²) < 4.78 is 18.2. The van der Waals surface area contributed by atoms with Gasteiger partial charge in [-0.15, -0.1) is 0 Å². The van der Waals surface area contributed by atoms with Crippen LogP contribution >= 0.6 is 0 Å². The van der Waals surface area contributed by atoms with E-state index in [1.54, 1.807) is 19.1 Å². The van der Waals surface area contributed by atoms with Crippen molar-refractivity contribution in [2.45, 2.75) is 25.9 Å². The van der Waals surface area contributed by atoms with E-state index in [4.69, 9.17) is 4.42 Å². The molecule has 0 aliphatic heterocycles. The molecule has 1 aromatic heterocycles. The Morgan fingerprint density at radius 1 is 1.24 bits per heavy atom. The third kappa shape index (κ3) is 5.72. The average Bonchev–Trinajstić information content (AvgIpc) is 3.00. The highest BCUT2D eigenvalue weighted by Crippen LogP contribution is 2.17. The molecule has 0 saturated carbocycles. The number of carbonyl (C=O) groups is 2. The van der Waals surface area contributed by atoms with Gasteiger partial charge in [-0.05, 0) is 37.1 Å². The fourth-order valence-corrected chi connectivity index (χ4v) is 2.28. The molecule has 3 N–H and O–H groups in total. The van der Waals surface area contributed by atoms with Gasteiger partial charge in [-0.3, -0.25) is 9.59 Å². The van der Waals surface area contributed by atoms with Gasteiger partial charge in [-0.2, -0.15) is 0 Å². The molecule has 0 spiro atoms. The lowest BCUT2D eigenvalue weighted by molar-refractivity contribution is -0.123. The molecule has 0 saturated heterocycles. The number of carbonyl (C=O) groups excluding carboxylic acids is 2. The first-order valence-electron chi connectivity index (χ1n) is 8.00. The summed E-state index contributed by atoms with van der Waals surface area (Å²) in [7, 11) is 0. The van der Waals surface area contributed by atoms with Crippen LogP contribution in [0.25, 0.3) is 0 Å². The molecule has 134 valence electrons. The number of nitrogens with one attached hydrogen (secondary N) is 2. The number of rotatable bonds is 8. The van der Waals surface area contributed by atoms with Gasteiger partial charge in [-0.25, -0.2) is 4.39 Å². The van der Waals surface area contributed by atoms with E-state index >= 15 is 0 Å². The Bertz CT molecular complexity index is 729. The van der Waals surface area contributed by atoms with Crippen LogP contribution in [0.15, 0.2) is 41.0 Å². The Morgan fingerprint density at radius 2 is 2.00 bits per heavy atom. The van der Waals surface area contributed by atoms with Crippen LogP contribution in [0.4, 0.5) is 4.39 Å². The van der Waals surface area contributed by atoms with E-state index in [1.165, 1.54) is 24.5 Å². The van der Waals surface area contributed by atoms with Crippen molar-refractivity contribution in [3.8, 4) is 0 Å². The number of benzene rings is 1. The smallest absolute Gasteiger partial charge is 0.287 e. The van der Waals surface area contributed by atoms with Crippen molar-refractivity contribution in [1.29, 1.82) is 0 Å². The second-order valence-electron chi connectivity index (χ2n) is 5.67. The first-order chi connectivity index (χ1) is 12.0. The zero-order chi connectivity index (χ0) is 18.2. The zero-order valence-corrected chi connectivity index (χ0v) is 13.9. The fraction of sp³-hybridized carbons (Fsp3) is 0.333. The lowest BCUT2D eigenvalue weighted by atomic mass is 10.1. The van der Waals surface area contributed by atoms with Crippen molar-refractivity contribution in [1.82, 2.24) is 10.6 Å². The summed E-state index contributed by atoms with van der Waals surface area (Å²) in [5.74, 6) is -0.818. The Morgan fingerprint density at radius 3 is 2.68 bits per heavy atom. The first kappa shape index (κ1) is 18.7. The molecule has 1 atom stereocenters. The molecule has 1 aromatic carbocycles. The van der Waals surface area contributed by atoms with Gasteiger partial charge in [0.1, 0.15) is 5.82 Å². The lowest BCUT2D eigenvalue weighted by Crippen LogP contribution is -2.30.